The fraction of sp³-hybridized carbons (Fsp3) is 0.250. The van der Waals surface area contributed by atoms with Gasteiger partial charge in [0.2, 0.25) is 0 Å². The third kappa shape index (κ3) is 5.42. The van der Waals surface area contributed by atoms with Crippen molar-refractivity contribution in [2.24, 2.45) is 5.73 Å². The zero-order valence-corrected chi connectivity index (χ0v) is 21.2. The Morgan fingerprint density at radius 2 is 1.83 bits per heavy atom. The topological polar surface area (TPSA) is 93.2 Å². The lowest BCUT2D eigenvalue weighted by Gasteiger charge is -2.32. The first-order chi connectivity index (χ1) is 17.4. The summed E-state index contributed by atoms with van der Waals surface area (Å²) in [5.41, 5.74) is 11.6. The van der Waals surface area contributed by atoms with Gasteiger partial charge in [0.25, 0.3) is 11.5 Å². The second kappa shape index (κ2) is 11.4. The highest BCUT2D eigenvalue weighted by molar-refractivity contribution is 6.31. The molecule has 0 fully saturated rings. The smallest absolute Gasteiger partial charge is 0.280 e. The standard InChI is InChI=1S/C28H30ClN5O2/c1-3-25(33(17-7-16-30)27(35)20-12-10-19(2)11-13-20)26-31-24-15-14-21(29)18-23(24)28(36)34(26)32-22-8-5-4-6-9-22/h4-6,8-15,18,25,32H,3,7,16-17,30H2,1-2H3. The number of nitrogens with zero attached hydrogens (tertiary/aromatic N) is 3. The van der Waals surface area contributed by atoms with E-state index in [4.69, 9.17) is 22.3 Å². The van der Waals surface area contributed by atoms with Crippen LogP contribution in [-0.2, 0) is 0 Å². The van der Waals surface area contributed by atoms with E-state index < -0.39 is 6.04 Å². The van der Waals surface area contributed by atoms with Crippen LogP contribution in [0.25, 0.3) is 10.9 Å². The van der Waals surface area contributed by atoms with Gasteiger partial charge >= 0.3 is 0 Å². The summed E-state index contributed by atoms with van der Waals surface area (Å²) in [4.78, 5) is 34.1. The van der Waals surface area contributed by atoms with Gasteiger partial charge in [-0.05, 0) is 68.8 Å². The van der Waals surface area contributed by atoms with Crippen molar-refractivity contribution in [2.75, 3.05) is 18.5 Å². The highest BCUT2D eigenvalue weighted by atomic mass is 35.5. The van der Waals surface area contributed by atoms with E-state index in [0.29, 0.717) is 53.2 Å². The summed E-state index contributed by atoms with van der Waals surface area (Å²) in [6.45, 7) is 4.83. The summed E-state index contributed by atoms with van der Waals surface area (Å²) in [6, 6.07) is 21.4. The Balaban J connectivity index is 1.88. The number of nitrogens with two attached hydrogens (primary N) is 1. The first kappa shape index (κ1) is 25.4. The molecule has 0 radical (unpaired) electrons. The number of fused-ring (bicyclic) bond motifs is 1. The molecule has 0 spiro atoms. The predicted octanol–water partition coefficient (Wildman–Crippen LogP) is 5.18. The summed E-state index contributed by atoms with van der Waals surface area (Å²) in [7, 11) is 0. The molecule has 1 atom stereocenters. The number of anilines is 1. The van der Waals surface area contributed by atoms with Crippen molar-refractivity contribution in [3.63, 3.8) is 0 Å². The number of nitrogens with one attached hydrogen (secondary N) is 1. The van der Waals surface area contributed by atoms with Crippen LogP contribution in [-0.4, -0.2) is 33.6 Å². The molecule has 1 aromatic heterocycles. The lowest BCUT2D eigenvalue weighted by Crippen LogP contribution is -2.41. The second-order valence-electron chi connectivity index (χ2n) is 8.68. The number of carbonyl (C=O) groups is 1. The fourth-order valence-electron chi connectivity index (χ4n) is 4.21. The zero-order valence-electron chi connectivity index (χ0n) is 20.4. The maximum atomic E-state index is 13.7. The molecule has 4 aromatic rings. The summed E-state index contributed by atoms with van der Waals surface area (Å²) < 4.78 is 1.43. The summed E-state index contributed by atoms with van der Waals surface area (Å²) >= 11 is 6.20. The van der Waals surface area contributed by atoms with Gasteiger partial charge in [0.05, 0.1) is 22.6 Å². The Morgan fingerprint density at radius 3 is 2.50 bits per heavy atom. The average Bonchev–Trinajstić information content (AvgIpc) is 2.89. The Labute approximate surface area is 215 Å². The maximum Gasteiger partial charge on any atom is 0.280 e. The number of para-hydroxylation sites is 1. The molecule has 1 unspecified atom stereocenters. The van der Waals surface area contributed by atoms with Crippen LogP contribution in [0.5, 0.6) is 0 Å². The number of hydrogen-bond acceptors (Lipinski definition) is 5. The summed E-state index contributed by atoms with van der Waals surface area (Å²) in [5, 5.41) is 0.842. The van der Waals surface area contributed by atoms with E-state index >= 15 is 0 Å². The Kier molecular flexibility index (Phi) is 8.03. The van der Waals surface area contributed by atoms with E-state index in [1.165, 1.54) is 4.68 Å². The number of halogens is 1. The van der Waals surface area contributed by atoms with Gasteiger partial charge in [0.1, 0.15) is 0 Å². The van der Waals surface area contributed by atoms with Crippen molar-refractivity contribution in [1.82, 2.24) is 14.6 Å². The van der Waals surface area contributed by atoms with Gasteiger partial charge in [0, 0.05) is 17.1 Å². The normalized spacial score (nSPS) is 11.9. The van der Waals surface area contributed by atoms with Gasteiger partial charge in [-0.3, -0.25) is 15.0 Å². The van der Waals surface area contributed by atoms with Gasteiger partial charge in [-0.2, -0.15) is 0 Å². The fourth-order valence-corrected chi connectivity index (χ4v) is 4.39. The molecule has 3 aromatic carbocycles. The molecular formula is C28H30ClN5O2. The number of benzene rings is 3. The third-order valence-electron chi connectivity index (χ3n) is 6.09. The minimum absolute atomic E-state index is 0.132. The van der Waals surface area contributed by atoms with Gasteiger partial charge in [-0.25, -0.2) is 9.66 Å². The van der Waals surface area contributed by atoms with Gasteiger partial charge in [-0.15, -0.1) is 0 Å². The van der Waals surface area contributed by atoms with E-state index in [0.717, 1.165) is 11.3 Å². The van der Waals surface area contributed by atoms with Crippen LogP contribution < -0.4 is 16.7 Å². The molecule has 7 nitrogen and oxygen atoms in total. The molecule has 3 N–H and O–H groups in total. The quantitative estimate of drug-likeness (QED) is 0.328. The second-order valence-corrected chi connectivity index (χ2v) is 9.12. The van der Waals surface area contributed by atoms with Gasteiger partial charge in [-0.1, -0.05) is 54.4 Å². The minimum atomic E-state index is -0.477. The number of carbonyl (C=O) groups excluding carboxylic acids is 1. The molecule has 0 aliphatic rings. The van der Waals surface area contributed by atoms with E-state index in [1.54, 1.807) is 23.1 Å². The van der Waals surface area contributed by atoms with Crippen molar-refractivity contribution in [2.45, 2.75) is 32.7 Å². The zero-order chi connectivity index (χ0) is 25.7. The molecular weight excluding hydrogens is 474 g/mol. The Hall–Kier alpha value is -3.68. The number of amides is 1. The number of aryl methyl sites for hydroxylation is 1. The molecule has 4 rings (SSSR count). The third-order valence-corrected chi connectivity index (χ3v) is 6.33. The van der Waals surface area contributed by atoms with Crippen LogP contribution in [0.3, 0.4) is 0 Å². The van der Waals surface area contributed by atoms with Gasteiger partial charge in [0.15, 0.2) is 5.82 Å². The molecule has 1 amide bonds. The molecule has 0 bridgehead atoms. The lowest BCUT2D eigenvalue weighted by molar-refractivity contribution is 0.0657. The minimum Gasteiger partial charge on any atom is -0.330 e. The van der Waals surface area contributed by atoms with Gasteiger partial charge < -0.3 is 10.6 Å². The lowest BCUT2D eigenvalue weighted by atomic mass is 10.1. The van der Waals surface area contributed by atoms with E-state index in [9.17, 15) is 9.59 Å². The number of hydrogen-bond donors (Lipinski definition) is 2. The molecule has 1 heterocycles. The van der Waals surface area contributed by atoms with Crippen LogP contribution in [0.15, 0.2) is 77.6 Å². The van der Waals surface area contributed by atoms with E-state index in [1.807, 2.05) is 68.4 Å². The number of aromatic nitrogens is 2. The van der Waals surface area contributed by atoms with Crippen molar-refractivity contribution < 1.29 is 4.79 Å². The molecule has 0 aliphatic carbocycles. The van der Waals surface area contributed by atoms with Crippen LogP contribution in [0.2, 0.25) is 5.02 Å². The van der Waals surface area contributed by atoms with Crippen LogP contribution >= 0.6 is 11.6 Å². The number of rotatable bonds is 9. The molecule has 0 saturated heterocycles. The molecule has 8 heteroatoms. The first-order valence-corrected chi connectivity index (χ1v) is 12.4. The maximum absolute atomic E-state index is 13.7. The Morgan fingerprint density at radius 1 is 1.11 bits per heavy atom. The monoisotopic (exact) mass is 503 g/mol. The van der Waals surface area contributed by atoms with Crippen molar-refractivity contribution >= 4 is 34.1 Å². The predicted molar refractivity (Wildman–Crippen MR) is 145 cm³/mol. The summed E-state index contributed by atoms with van der Waals surface area (Å²) in [5.74, 6) is 0.311. The SMILES string of the molecule is CCC(c1nc2ccc(Cl)cc2c(=O)n1Nc1ccccc1)N(CCCN)C(=O)c1ccc(C)cc1. The molecule has 0 saturated carbocycles. The molecule has 36 heavy (non-hydrogen) atoms. The molecule has 0 aliphatic heterocycles. The summed E-state index contributed by atoms with van der Waals surface area (Å²) in [6.07, 6.45) is 1.16. The largest absolute Gasteiger partial charge is 0.330 e. The average molecular weight is 504 g/mol. The van der Waals surface area contributed by atoms with E-state index in [2.05, 4.69) is 5.43 Å². The van der Waals surface area contributed by atoms with Crippen LogP contribution in [0.1, 0.15) is 47.6 Å². The first-order valence-electron chi connectivity index (χ1n) is 12.0. The highest BCUT2D eigenvalue weighted by Gasteiger charge is 2.29. The van der Waals surface area contributed by atoms with Crippen LogP contribution in [0.4, 0.5) is 5.69 Å². The van der Waals surface area contributed by atoms with Crippen molar-refractivity contribution in [1.29, 1.82) is 0 Å². The van der Waals surface area contributed by atoms with Crippen molar-refractivity contribution in [3.8, 4) is 0 Å². The Bertz CT molecular complexity index is 1400. The van der Waals surface area contributed by atoms with E-state index in [-0.39, 0.29) is 11.5 Å². The van der Waals surface area contributed by atoms with Crippen LogP contribution in [0, 0.1) is 6.92 Å². The van der Waals surface area contributed by atoms with Crippen molar-refractivity contribution in [3.05, 3.63) is 105 Å². The molecule has 186 valence electrons. The highest BCUT2D eigenvalue weighted by Crippen LogP contribution is 2.27.